The third kappa shape index (κ3) is 0.680. The summed E-state index contributed by atoms with van der Waals surface area (Å²) in [5.41, 5.74) is 0.640. The Morgan fingerprint density at radius 3 is 2.50 bits per heavy atom. The van der Waals surface area contributed by atoms with Crippen molar-refractivity contribution in [3.05, 3.63) is 12.2 Å². The molecule has 0 aromatic carbocycles. The van der Waals surface area contributed by atoms with Crippen LogP contribution in [-0.2, 0) is 0 Å². The van der Waals surface area contributed by atoms with Crippen molar-refractivity contribution < 1.29 is 0 Å². The summed E-state index contributed by atoms with van der Waals surface area (Å²) < 4.78 is 0. The van der Waals surface area contributed by atoms with Crippen LogP contribution < -0.4 is 0 Å². The zero-order valence-corrected chi connectivity index (χ0v) is 7.09. The molecule has 10 heavy (non-hydrogen) atoms. The van der Waals surface area contributed by atoms with E-state index in [1.54, 1.807) is 0 Å². The van der Waals surface area contributed by atoms with E-state index in [0.717, 1.165) is 17.8 Å². The van der Waals surface area contributed by atoms with Crippen LogP contribution in [0, 0.1) is 23.2 Å². The van der Waals surface area contributed by atoms with Gasteiger partial charge in [-0.15, -0.1) is 0 Å². The number of rotatable bonds is 0. The Bertz CT molecular complexity index is 176. The molecule has 0 heteroatoms. The van der Waals surface area contributed by atoms with E-state index in [4.69, 9.17) is 0 Å². The molecule has 0 spiro atoms. The second kappa shape index (κ2) is 1.66. The minimum absolute atomic E-state index is 0.640. The average Bonchev–Trinajstić information content (AvgIpc) is 2.36. The van der Waals surface area contributed by atoms with Crippen molar-refractivity contribution in [2.75, 3.05) is 0 Å². The van der Waals surface area contributed by atoms with Gasteiger partial charge in [-0.2, -0.15) is 0 Å². The highest BCUT2D eigenvalue weighted by Gasteiger charge is 2.56. The van der Waals surface area contributed by atoms with Gasteiger partial charge >= 0.3 is 0 Å². The third-order valence-electron chi connectivity index (χ3n) is 3.41. The van der Waals surface area contributed by atoms with Crippen molar-refractivity contribution >= 4 is 0 Å². The van der Waals surface area contributed by atoms with Gasteiger partial charge in [0.05, 0.1) is 0 Å². The Hall–Kier alpha value is -0.260. The topological polar surface area (TPSA) is 0 Å². The zero-order chi connectivity index (χ0) is 7.35. The maximum absolute atomic E-state index is 2.43. The number of allylic oxidation sites excluding steroid dienone is 2. The van der Waals surface area contributed by atoms with Gasteiger partial charge in [0, 0.05) is 0 Å². The van der Waals surface area contributed by atoms with Gasteiger partial charge in [-0.1, -0.05) is 32.9 Å². The Morgan fingerprint density at radius 2 is 2.00 bits per heavy atom. The molecule has 0 heterocycles. The fourth-order valence-corrected chi connectivity index (χ4v) is 2.41. The van der Waals surface area contributed by atoms with Gasteiger partial charge in [0.2, 0.25) is 0 Å². The molecular weight excluding hydrogens is 120 g/mol. The second-order valence-electron chi connectivity index (χ2n) is 4.55. The van der Waals surface area contributed by atoms with Crippen LogP contribution in [0.3, 0.4) is 0 Å². The highest BCUT2D eigenvalue weighted by Crippen LogP contribution is 2.63. The predicted octanol–water partition coefficient (Wildman–Crippen LogP) is 2.85. The third-order valence-corrected chi connectivity index (χ3v) is 3.41. The van der Waals surface area contributed by atoms with E-state index in [1.165, 1.54) is 6.42 Å². The minimum Gasteiger partial charge on any atom is -0.0854 e. The van der Waals surface area contributed by atoms with Crippen LogP contribution in [0.1, 0.15) is 27.2 Å². The highest BCUT2D eigenvalue weighted by atomic mass is 14.6. The standard InChI is InChI=1S/C10H16/c1-7-4-5-8-9(6-7)10(8,2)3/h4-5,7-9H,6H2,1-3H3/t7-,8-,9+/m1/s1. The summed E-state index contributed by atoms with van der Waals surface area (Å²) in [5, 5.41) is 0. The molecule has 2 rings (SSSR count). The summed E-state index contributed by atoms with van der Waals surface area (Å²) in [5.74, 6) is 2.76. The summed E-state index contributed by atoms with van der Waals surface area (Å²) in [7, 11) is 0. The summed E-state index contributed by atoms with van der Waals surface area (Å²) >= 11 is 0. The van der Waals surface area contributed by atoms with E-state index in [-0.39, 0.29) is 0 Å². The van der Waals surface area contributed by atoms with E-state index in [0.29, 0.717) is 5.41 Å². The molecular formula is C10H16. The molecule has 0 aromatic heterocycles. The summed E-state index contributed by atoms with van der Waals surface area (Å²) in [6.07, 6.45) is 6.24. The minimum atomic E-state index is 0.640. The van der Waals surface area contributed by atoms with Crippen molar-refractivity contribution in [2.24, 2.45) is 23.2 Å². The molecule has 1 saturated carbocycles. The molecule has 0 N–H and O–H groups in total. The van der Waals surface area contributed by atoms with Crippen molar-refractivity contribution in [1.29, 1.82) is 0 Å². The maximum Gasteiger partial charge on any atom is -0.0145 e. The first kappa shape index (κ1) is 6.45. The lowest BCUT2D eigenvalue weighted by Crippen LogP contribution is -1.97. The Balaban J connectivity index is 2.16. The quantitative estimate of drug-likeness (QED) is 0.449. The Morgan fingerprint density at radius 1 is 1.30 bits per heavy atom. The molecule has 1 fully saturated rings. The molecule has 2 aliphatic rings. The van der Waals surface area contributed by atoms with Crippen LogP contribution in [-0.4, -0.2) is 0 Å². The van der Waals surface area contributed by atoms with Crippen molar-refractivity contribution in [2.45, 2.75) is 27.2 Å². The van der Waals surface area contributed by atoms with Crippen LogP contribution in [0.4, 0.5) is 0 Å². The monoisotopic (exact) mass is 136 g/mol. The molecule has 2 aliphatic carbocycles. The van der Waals surface area contributed by atoms with Crippen LogP contribution in [0.5, 0.6) is 0 Å². The highest BCUT2D eigenvalue weighted by molar-refractivity contribution is 5.18. The first-order valence-electron chi connectivity index (χ1n) is 4.30. The van der Waals surface area contributed by atoms with Gasteiger partial charge in [-0.3, -0.25) is 0 Å². The number of hydrogen-bond acceptors (Lipinski definition) is 0. The SMILES string of the molecule is C[C@@H]1C=C[C@@H]2[C@H](C1)C2(C)C. The Kier molecular flexibility index (Phi) is 1.07. The lowest BCUT2D eigenvalue weighted by molar-refractivity contribution is 0.487. The molecule has 0 bridgehead atoms. The van der Waals surface area contributed by atoms with E-state index >= 15 is 0 Å². The molecule has 0 aromatic rings. The predicted molar refractivity (Wildman–Crippen MR) is 43.7 cm³/mol. The first-order valence-corrected chi connectivity index (χ1v) is 4.30. The van der Waals surface area contributed by atoms with E-state index in [9.17, 15) is 0 Å². The van der Waals surface area contributed by atoms with E-state index in [2.05, 4.69) is 32.9 Å². The molecule has 3 atom stereocenters. The molecule has 0 nitrogen and oxygen atoms in total. The molecule has 0 radical (unpaired) electrons. The average molecular weight is 136 g/mol. The van der Waals surface area contributed by atoms with Gasteiger partial charge in [0.25, 0.3) is 0 Å². The van der Waals surface area contributed by atoms with E-state index in [1.807, 2.05) is 0 Å². The van der Waals surface area contributed by atoms with Crippen molar-refractivity contribution in [1.82, 2.24) is 0 Å². The van der Waals surface area contributed by atoms with Gasteiger partial charge in [0.1, 0.15) is 0 Å². The molecule has 0 aliphatic heterocycles. The number of fused-ring (bicyclic) bond motifs is 1. The van der Waals surface area contributed by atoms with Gasteiger partial charge in [-0.05, 0) is 29.6 Å². The Labute approximate surface area is 63.3 Å². The molecule has 0 saturated heterocycles. The lowest BCUT2D eigenvalue weighted by atomic mass is 9.97. The van der Waals surface area contributed by atoms with Crippen molar-refractivity contribution in [3.63, 3.8) is 0 Å². The second-order valence-corrected chi connectivity index (χ2v) is 4.55. The fourth-order valence-electron chi connectivity index (χ4n) is 2.41. The van der Waals surface area contributed by atoms with Crippen molar-refractivity contribution in [3.8, 4) is 0 Å². The van der Waals surface area contributed by atoms with Gasteiger partial charge in [0.15, 0.2) is 0 Å². The van der Waals surface area contributed by atoms with Crippen LogP contribution >= 0.6 is 0 Å². The molecule has 0 amide bonds. The van der Waals surface area contributed by atoms with Crippen LogP contribution in [0.2, 0.25) is 0 Å². The first-order chi connectivity index (χ1) is 4.62. The normalized spacial score (nSPS) is 48.5. The number of hydrogen-bond donors (Lipinski definition) is 0. The zero-order valence-electron chi connectivity index (χ0n) is 7.09. The lowest BCUT2D eigenvalue weighted by Gasteiger charge is -2.08. The summed E-state index contributed by atoms with van der Waals surface area (Å²) in [6, 6.07) is 0. The van der Waals surface area contributed by atoms with E-state index < -0.39 is 0 Å². The summed E-state index contributed by atoms with van der Waals surface area (Å²) in [4.78, 5) is 0. The van der Waals surface area contributed by atoms with Gasteiger partial charge < -0.3 is 0 Å². The molecule has 0 unspecified atom stereocenters. The molecule has 56 valence electrons. The maximum atomic E-state index is 2.43. The summed E-state index contributed by atoms with van der Waals surface area (Å²) in [6.45, 7) is 7.11. The van der Waals surface area contributed by atoms with Crippen LogP contribution in [0.25, 0.3) is 0 Å². The largest absolute Gasteiger partial charge is 0.0854 e. The van der Waals surface area contributed by atoms with Gasteiger partial charge in [-0.25, -0.2) is 0 Å². The van der Waals surface area contributed by atoms with Crippen LogP contribution in [0.15, 0.2) is 12.2 Å². The fraction of sp³-hybridized carbons (Fsp3) is 0.800. The smallest absolute Gasteiger partial charge is 0.0145 e.